The van der Waals surface area contributed by atoms with Gasteiger partial charge >= 0.3 is 0 Å². The topological polar surface area (TPSA) is 86.4 Å². The second kappa shape index (κ2) is 9.53. The van der Waals surface area contributed by atoms with Crippen molar-refractivity contribution in [3.8, 4) is 0 Å². The van der Waals surface area contributed by atoms with Crippen LogP contribution in [0.5, 0.6) is 0 Å². The molecule has 1 fully saturated rings. The van der Waals surface area contributed by atoms with E-state index in [-0.39, 0.29) is 29.3 Å². The molecule has 0 saturated carbocycles. The maximum atomic E-state index is 13.3. The summed E-state index contributed by atoms with van der Waals surface area (Å²) in [6.07, 6.45) is 1.94. The summed E-state index contributed by atoms with van der Waals surface area (Å²) >= 11 is 6.96. The van der Waals surface area contributed by atoms with E-state index in [1.54, 1.807) is 17.5 Å². The van der Waals surface area contributed by atoms with Gasteiger partial charge in [-0.2, -0.15) is 0 Å². The van der Waals surface area contributed by atoms with E-state index in [0.29, 0.717) is 5.69 Å². The van der Waals surface area contributed by atoms with Crippen LogP contribution in [0.2, 0.25) is 5.02 Å². The molecule has 3 atom stereocenters. The highest BCUT2D eigenvalue weighted by atomic mass is 35.5. The van der Waals surface area contributed by atoms with Crippen molar-refractivity contribution in [1.29, 1.82) is 0 Å². The fraction of sp³-hybridized carbons (Fsp3) is 0.316. The Hall–Kier alpha value is -2.20. The summed E-state index contributed by atoms with van der Waals surface area (Å²) in [4.78, 5) is 29.6. The SMILES string of the molecule is CC(NC(=O)C1CC(C(=O)Nc2ccc(F)c(Cl)c2)N(C)SN1)c1ccccn1. The maximum absolute atomic E-state index is 13.3. The Morgan fingerprint density at radius 2 is 2.14 bits per heavy atom. The van der Waals surface area contributed by atoms with Crippen molar-refractivity contribution in [3.63, 3.8) is 0 Å². The van der Waals surface area contributed by atoms with Gasteiger partial charge in [-0.25, -0.2) is 13.4 Å². The van der Waals surface area contributed by atoms with E-state index >= 15 is 0 Å². The highest BCUT2D eigenvalue weighted by Gasteiger charge is 2.35. The molecule has 1 aromatic carbocycles. The van der Waals surface area contributed by atoms with Crippen LogP contribution >= 0.6 is 23.7 Å². The zero-order chi connectivity index (χ0) is 21.0. The van der Waals surface area contributed by atoms with Crippen LogP contribution in [0.25, 0.3) is 0 Å². The van der Waals surface area contributed by atoms with Gasteiger partial charge in [-0.05, 0) is 50.7 Å². The van der Waals surface area contributed by atoms with E-state index in [2.05, 4.69) is 20.3 Å². The molecule has 1 saturated heterocycles. The monoisotopic (exact) mass is 437 g/mol. The average molecular weight is 438 g/mol. The van der Waals surface area contributed by atoms with Gasteiger partial charge in [0.05, 0.1) is 22.8 Å². The maximum Gasteiger partial charge on any atom is 0.242 e. The number of benzene rings is 1. The summed E-state index contributed by atoms with van der Waals surface area (Å²) in [6, 6.07) is 8.10. The fourth-order valence-electron chi connectivity index (χ4n) is 2.88. The molecule has 3 N–H and O–H groups in total. The van der Waals surface area contributed by atoms with E-state index in [0.717, 1.165) is 5.69 Å². The quantitative estimate of drug-likeness (QED) is 0.623. The third kappa shape index (κ3) is 5.45. The van der Waals surface area contributed by atoms with Crippen molar-refractivity contribution in [2.24, 2.45) is 0 Å². The van der Waals surface area contributed by atoms with Gasteiger partial charge in [0.1, 0.15) is 11.9 Å². The summed E-state index contributed by atoms with van der Waals surface area (Å²) in [6.45, 7) is 1.85. The molecule has 0 spiro atoms. The summed E-state index contributed by atoms with van der Waals surface area (Å²) in [5.74, 6) is -1.08. The predicted octanol–water partition coefficient (Wildman–Crippen LogP) is 2.92. The lowest BCUT2D eigenvalue weighted by Crippen LogP contribution is -2.54. The van der Waals surface area contributed by atoms with E-state index in [1.807, 2.05) is 25.1 Å². The summed E-state index contributed by atoms with van der Waals surface area (Å²) in [5.41, 5.74) is 1.15. The minimum atomic E-state index is -0.564. The van der Waals surface area contributed by atoms with Crippen molar-refractivity contribution in [3.05, 3.63) is 59.1 Å². The Morgan fingerprint density at radius 3 is 2.83 bits per heavy atom. The van der Waals surface area contributed by atoms with Gasteiger partial charge in [-0.1, -0.05) is 17.7 Å². The van der Waals surface area contributed by atoms with Crippen molar-refractivity contribution in [2.45, 2.75) is 31.5 Å². The molecular weight excluding hydrogens is 417 g/mol. The van der Waals surface area contributed by atoms with Gasteiger partial charge in [0.25, 0.3) is 0 Å². The molecule has 1 aliphatic heterocycles. The number of carbonyl (C=O) groups excluding carboxylic acids is 2. The normalized spacial score (nSPS) is 20.7. The zero-order valence-corrected chi connectivity index (χ0v) is 17.4. The van der Waals surface area contributed by atoms with Gasteiger partial charge in [0.2, 0.25) is 11.8 Å². The van der Waals surface area contributed by atoms with Crippen LogP contribution < -0.4 is 15.4 Å². The van der Waals surface area contributed by atoms with Gasteiger partial charge in [-0.3, -0.25) is 14.6 Å². The second-order valence-corrected chi connectivity index (χ2v) is 8.06. The molecule has 10 heteroatoms. The number of nitrogens with one attached hydrogen (secondary N) is 3. The number of amides is 2. The number of hydrogen-bond acceptors (Lipinski definition) is 6. The molecule has 3 rings (SSSR count). The standard InChI is InChI=1S/C19H21ClFN5O2S/c1-11(15-5-3-4-8-22-15)23-18(27)16-10-17(26(2)29-25-16)19(28)24-12-6-7-14(21)13(20)9-12/h3-9,11,16-17,25H,10H2,1-2H3,(H,23,27)(H,24,28). The molecule has 2 heterocycles. The average Bonchev–Trinajstić information content (AvgIpc) is 2.71. The van der Waals surface area contributed by atoms with Gasteiger partial charge in [-0.15, -0.1) is 0 Å². The predicted molar refractivity (Wildman–Crippen MR) is 112 cm³/mol. The molecule has 1 aromatic heterocycles. The van der Waals surface area contributed by atoms with Crippen LogP contribution in [0, 0.1) is 5.82 Å². The smallest absolute Gasteiger partial charge is 0.242 e. The lowest BCUT2D eigenvalue weighted by molar-refractivity contribution is -0.125. The van der Waals surface area contributed by atoms with E-state index < -0.39 is 17.9 Å². The molecule has 2 aromatic rings. The summed E-state index contributed by atoms with van der Waals surface area (Å²) in [7, 11) is 1.75. The molecule has 0 aliphatic carbocycles. The first kappa shape index (κ1) is 21.5. The summed E-state index contributed by atoms with van der Waals surface area (Å²) < 4.78 is 18.1. The van der Waals surface area contributed by atoms with Gasteiger partial charge in [0.15, 0.2) is 0 Å². The van der Waals surface area contributed by atoms with Crippen LogP contribution in [0.3, 0.4) is 0 Å². The van der Waals surface area contributed by atoms with Crippen LogP contribution in [-0.2, 0) is 9.59 Å². The Labute approximate surface area is 177 Å². The lowest BCUT2D eigenvalue weighted by atomic mass is 10.1. The third-order valence-electron chi connectivity index (χ3n) is 4.53. The van der Waals surface area contributed by atoms with Crippen LogP contribution in [-0.4, -0.2) is 40.2 Å². The Morgan fingerprint density at radius 1 is 1.34 bits per heavy atom. The van der Waals surface area contributed by atoms with E-state index in [9.17, 15) is 14.0 Å². The molecule has 154 valence electrons. The first-order chi connectivity index (χ1) is 13.8. The summed E-state index contributed by atoms with van der Waals surface area (Å²) in [5, 5.41) is 5.57. The van der Waals surface area contributed by atoms with E-state index in [4.69, 9.17) is 11.6 Å². The molecule has 3 unspecified atom stereocenters. The number of anilines is 1. The number of carbonyl (C=O) groups is 2. The van der Waals surface area contributed by atoms with E-state index in [1.165, 1.54) is 30.3 Å². The van der Waals surface area contributed by atoms with Crippen LogP contribution in [0.4, 0.5) is 10.1 Å². The first-order valence-corrected chi connectivity index (χ1v) is 10.1. The highest BCUT2D eigenvalue weighted by Crippen LogP contribution is 2.24. The molecule has 0 radical (unpaired) electrons. The highest BCUT2D eigenvalue weighted by molar-refractivity contribution is 7.95. The van der Waals surface area contributed by atoms with Gasteiger partial charge in [0, 0.05) is 24.0 Å². The van der Waals surface area contributed by atoms with Crippen molar-refractivity contribution in [2.75, 3.05) is 12.4 Å². The van der Waals surface area contributed by atoms with Crippen molar-refractivity contribution in [1.82, 2.24) is 19.3 Å². The molecule has 29 heavy (non-hydrogen) atoms. The van der Waals surface area contributed by atoms with Crippen molar-refractivity contribution < 1.29 is 14.0 Å². The Kier molecular flexibility index (Phi) is 7.07. The second-order valence-electron chi connectivity index (χ2n) is 6.66. The molecular formula is C19H21ClFN5O2S. The minimum absolute atomic E-state index is 0.0726. The first-order valence-electron chi connectivity index (χ1n) is 8.97. The van der Waals surface area contributed by atoms with Crippen LogP contribution in [0.15, 0.2) is 42.6 Å². The number of aromatic nitrogens is 1. The fourth-order valence-corrected chi connectivity index (χ4v) is 3.87. The Bertz CT molecular complexity index is 888. The zero-order valence-electron chi connectivity index (χ0n) is 15.9. The Balaban J connectivity index is 1.62. The van der Waals surface area contributed by atoms with Crippen LogP contribution in [0.1, 0.15) is 25.1 Å². The molecule has 1 aliphatic rings. The lowest BCUT2D eigenvalue weighted by Gasteiger charge is -2.35. The largest absolute Gasteiger partial charge is 0.347 e. The minimum Gasteiger partial charge on any atom is -0.347 e. The number of nitrogens with zero attached hydrogens (tertiary/aromatic N) is 2. The number of pyridine rings is 1. The number of rotatable bonds is 5. The molecule has 2 amide bonds. The molecule has 0 bridgehead atoms. The number of hydrogen-bond donors (Lipinski definition) is 3. The molecule has 7 nitrogen and oxygen atoms in total. The van der Waals surface area contributed by atoms with Gasteiger partial charge < -0.3 is 10.6 Å². The number of halogens is 2. The van der Waals surface area contributed by atoms with Crippen molar-refractivity contribution >= 4 is 41.2 Å². The number of likely N-dealkylation sites (N-methyl/N-ethyl adjacent to an activating group) is 1. The third-order valence-corrected chi connectivity index (χ3v) is 5.76.